The Labute approximate surface area is 85.9 Å². The van der Waals surface area contributed by atoms with Crippen molar-refractivity contribution in [3.05, 3.63) is 30.1 Å². The van der Waals surface area contributed by atoms with Crippen LogP contribution < -0.4 is 5.73 Å². The normalized spacial score (nSPS) is 13.1. The lowest BCUT2D eigenvalue weighted by molar-refractivity contribution is 0.266. The first-order valence-electron chi connectivity index (χ1n) is 5.09. The van der Waals surface area contributed by atoms with E-state index in [0.29, 0.717) is 0 Å². The summed E-state index contributed by atoms with van der Waals surface area (Å²) in [5, 5.41) is 0. The minimum Gasteiger partial charge on any atom is -0.327 e. The van der Waals surface area contributed by atoms with Crippen molar-refractivity contribution in [1.82, 2.24) is 9.88 Å². The van der Waals surface area contributed by atoms with E-state index in [4.69, 9.17) is 5.73 Å². The Morgan fingerprint density at radius 2 is 2.07 bits per heavy atom. The van der Waals surface area contributed by atoms with Gasteiger partial charge in [-0.05, 0) is 31.2 Å². The fourth-order valence-corrected chi connectivity index (χ4v) is 1.46. The van der Waals surface area contributed by atoms with Crippen molar-refractivity contribution in [1.29, 1.82) is 0 Å². The van der Waals surface area contributed by atoms with Crippen LogP contribution in [-0.4, -0.2) is 29.0 Å². The van der Waals surface area contributed by atoms with Crippen molar-refractivity contribution in [2.75, 3.05) is 13.1 Å². The van der Waals surface area contributed by atoms with E-state index < -0.39 is 0 Å². The van der Waals surface area contributed by atoms with Gasteiger partial charge < -0.3 is 5.73 Å². The van der Waals surface area contributed by atoms with Gasteiger partial charge in [-0.2, -0.15) is 0 Å². The van der Waals surface area contributed by atoms with Gasteiger partial charge in [0.15, 0.2) is 0 Å². The summed E-state index contributed by atoms with van der Waals surface area (Å²) in [6.45, 7) is 7.13. The van der Waals surface area contributed by atoms with Crippen LogP contribution in [0.2, 0.25) is 0 Å². The zero-order valence-electron chi connectivity index (χ0n) is 8.98. The Hall–Kier alpha value is -0.930. The van der Waals surface area contributed by atoms with Gasteiger partial charge in [0.25, 0.3) is 0 Å². The second-order valence-corrected chi connectivity index (χ2v) is 3.66. The van der Waals surface area contributed by atoms with E-state index in [9.17, 15) is 0 Å². The fraction of sp³-hybridized carbons (Fsp3) is 0.545. The zero-order chi connectivity index (χ0) is 10.4. The molecule has 3 heteroatoms. The zero-order valence-corrected chi connectivity index (χ0v) is 8.98. The van der Waals surface area contributed by atoms with Crippen LogP contribution >= 0.6 is 0 Å². The molecule has 0 spiro atoms. The molecule has 0 aromatic carbocycles. The van der Waals surface area contributed by atoms with Gasteiger partial charge in [-0.25, -0.2) is 0 Å². The molecule has 0 saturated carbocycles. The van der Waals surface area contributed by atoms with Crippen molar-refractivity contribution >= 4 is 0 Å². The summed E-state index contributed by atoms with van der Waals surface area (Å²) in [5.41, 5.74) is 7.06. The third-order valence-corrected chi connectivity index (χ3v) is 2.15. The molecule has 0 aliphatic heterocycles. The molecular weight excluding hydrogens is 174 g/mol. The molecule has 0 radical (unpaired) electrons. The highest BCUT2D eigenvalue weighted by Crippen LogP contribution is 2.02. The van der Waals surface area contributed by atoms with Crippen LogP contribution in [0.1, 0.15) is 19.4 Å². The second kappa shape index (κ2) is 5.73. The highest BCUT2D eigenvalue weighted by molar-refractivity contribution is 5.09. The number of nitrogens with zero attached hydrogens (tertiary/aromatic N) is 2. The topological polar surface area (TPSA) is 42.2 Å². The van der Waals surface area contributed by atoms with Crippen LogP contribution in [0.3, 0.4) is 0 Å². The molecule has 0 aliphatic carbocycles. The lowest BCUT2D eigenvalue weighted by Gasteiger charge is -2.22. The highest BCUT2D eigenvalue weighted by Gasteiger charge is 2.05. The molecule has 1 aromatic rings. The molecule has 1 aromatic heterocycles. The number of aromatic nitrogens is 1. The molecule has 1 rings (SSSR count). The molecule has 0 bridgehead atoms. The summed E-state index contributed by atoms with van der Waals surface area (Å²) in [6, 6.07) is 4.32. The molecule has 0 aliphatic rings. The van der Waals surface area contributed by atoms with Gasteiger partial charge in [-0.1, -0.05) is 6.92 Å². The Kier molecular flexibility index (Phi) is 4.56. The number of rotatable bonds is 5. The van der Waals surface area contributed by atoms with Gasteiger partial charge in [0.1, 0.15) is 0 Å². The molecule has 1 atom stereocenters. The number of hydrogen-bond donors (Lipinski definition) is 1. The van der Waals surface area contributed by atoms with E-state index in [1.165, 1.54) is 5.56 Å². The molecular formula is C11H19N3. The Morgan fingerprint density at radius 1 is 1.43 bits per heavy atom. The predicted octanol–water partition coefficient (Wildman–Crippen LogP) is 1.25. The van der Waals surface area contributed by atoms with E-state index in [2.05, 4.69) is 16.8 Å². The smallest absolute Gasteiger partial charge is 0.0271 e. The van der Waals surface area contributed by atoms with Gasteiger partial charge in [-0.15, -0.1) is 0 Å². The Morgan fingerprint density at radius 3 is 2.57 bits per heavy atom. The van der Waals surface area contributed by atoms with Gasteiger partial charge in [0.05, 0.1) is 0 Å². The Balaban J connectivity index is 2.48. The Bertz CT molecular complexity index is 246. The monoisotopic (exact) mass is 193 g/mol. The average molecular weight is 193 g/mol. The maximum Gasteiger partial charge on any atom is 0.0271 e. The number of pyridine rings is 1. The van der Waals surface area contributed by atoms with E-state index in [0.717, 1.165) is 19.6 Å². The lowest BCUT2D eigenvalue weighted by Crippen LogP contribution is -2.35. The van der Waals surface area contributed by atoms with Crippen molar-refractivity contribution < 1.29 is 0 Å². The molecule has 1 unspecified atom stereocenters. The van der Waals surface area contributed by atoms with Crippen LogP contribution in [0.5, 0.6) is 0 Å². The first-order valence-corrected chi connectivity index (χ1v) is 5.09. The van der Waals surface area contributed by atoms with E-state index in [1.807, 2.05) is 31.5 Å². The van der Waals surface area contributed by atoms with Crippen LogP contribution in [0.25, 0.3) is 0 Å². The molecule has 3 nitrogen and oxygen atoms in total. The molecule has 0 saturated heterocycles. The first kappa shape index (κ1) is 11.1. The molecule has 0 amide bonds. The van der Waals surface area contributed by atoms with Crippen molar-refractivity contribution in [2.45, 2.75) is 26.4 Å². The highest BCUT2D eigenvalue weighted by atomic mass is 15.1. The third kappa shape index (κ3) is 3.85. The average Bonchev–Trinajstić information content (AvgIpc) is 2.17. The van der Waals surface area contributed by atoms with Crippen molar-refractivity contribution in [3.8, 4) is 0 Å². The summed E-state index contributed by atoms with van der Waals surface area (Å²) in [4.78, 5) is 6.33. The van der Waals surface area contributed by atoms with Gasteiger partial charge in [0, 0.05) is 31.5 Å². The summed E-state index contributed by atoms with van der Waals surface area (Å²) < 4.78 is 0. The van der Waals surface area contributed by atoms with Crippen LogP contribution in [0.4, 0.5) is 0 Å². The summed E-state index contributed by atoms with van der Waals surface area (Å²) in [6.07, 6.45) is 3.66. The summed E-state index contributed by atoms with van der Waals surface area (Å²) in [5.74, 6) is 0. The fourth-order valence-electron chi connectivity index (χ4n) is 1.46. The summed E-state index contributed by atoms with van der Waals surface area (Å²) >= 11 is 0. The minimum atomic E-state index is 0.233. The third-order valence-electron chi connectivity index (χ3n) is 2.15. The predicted molar refractivity (Wildman–Crippen MR) is 58.8 cm³/mol. The quantitative estimate of drug-likeness (QED) is 0.765. The minimum absolute atomic E-state index is 0.233. The van der Waals surface area contributed by atoms with Gasteiger partial charge in [0.2, 0.25) is 0 Å². The molecule has 1 heterocycles. The SMILES string of the molecule is CCN(Cc1ccncc1)CC(C)N. The van der Waals surface area contributed by atoms with Crippen molar-refractivity contribution in [2.24, 2.45) is 5.73 Å². The molecule has 14 heavy (non-hydrogen) atoms. The van der Waals surface area contributed by atoms with E-state index in [1.54, 1.807) is 0 Å². The number of nitrogens with two attached hydrogens (primary N) is 1. The number of hydrogen-bond acceptors (Lipinski definition) is 3. The first-order chi connectivity index (χ1) is 6.72. The maximum atomic E-state index is 5.77. The standard InChI is InChI=1S/C11H19N3/c1-3-14(8-10(2)12)9-11-4-6-13-7-5-11/h4-7,10H,3,8-9,12H2,1-2H3. The molecule has 0 fully saturated rings. The largest absolute Gasteiger partial charge is 0.327 e. The van der Waals surface area contributed by atoms with Crippen LogP contribution in [-0.2, 0) is 6.54 Å². The second-order valence-electron chi connectivity index (χ2n) is 3.66. The van der Waals surface area contributed by atoms with E-state index >= 15 is 0 Å². The molecule has 78 valence electrons. The van der Waals surface area contributed by atoms with Gasteiger partial charge in [-0.3, -0.25) is 9.88 Å². The van der Waals surface area contributed by atoms with E-state index in [-0.39, 0.29) is 6.04 Å². The van der Waals surface area contributed by atoms with Crippen LogP contribution in [0, 0.1) is 0 Å². The van der Waals surface area contributed by atoms with Gasteiger partial charge >= 0.3 is 0 Å². The van der Waals surface area contributed by atoms with Crippen molar-refractivity contribution in [3.63, 3.8) is 0 Å². The maximum absolute atomic E-state index is 5.77. The number of likely N-dealkylation sites (N-methyl/N-ethyl adjacent to an activating group) is 1. The van der Waals surface area contributed by atoms with Crippen LogP contribution in [0.15, 0.2) is 24.5 Å². The molecule has 2 N–H and O–H groups in total. The lowest BCUT2D eigenvalue weighted by atomic mass is 10.2. The summed E-state index contributed by atoms with van der Waals surface area (Å²) in [7, 11) is 0.